The Balaban J connectivity index is 3.25. The van der Waals surface area contributed by atoms with Crippen molar-refractivity contribution in [2.24, 2.45) is 23.3 Å². The molecule has 0 fully saturated rings. The summed E-state index contributed by atoms with van der Waals surface area (Å²) >= 11 is 0. The van der Waals surface area contributed by atoms with Crippen molar-refractivity contribution in [1.29, 1.82) is 0 Å². The van der Waals surface area contributed by atoms with E-state index in [0.29, 0.717) is 5.56 Å². The van der Waals surface area contributed by atoms with Gasteiger partial charge in [-0.15, -0.1) is 6.58 Å². The summed E-state index contributed by atoms with van der Waals surface area (Å²) in [5.74, 6) is -2.14. The van der Waals surface area contributed by atoms with Crippen LogP contribution in [0.5, 0.6) is 0 Å². The average molecular weight is 425 g/mol. The van der Waals surface area contributed by atoms with Crippen molar-refractivity contribution in [3.63, 3.8) is 0 Å². The van der Waals surface area contributed by atoms with E-state index in [9.17, 15) is 22.8 Å². The standard InChI is InChI=1S/C22H30F3N3O2/c1-5-7-8-10-16(4)20(30)28(19(29)15(3)6-2)14-17-11-9-12-18(13-17)21(26,27)22(23,24)25/h6,8-13,15-16H,2,5,7,14,26-27H2,1,3-4H3/b10-8-. The summed E-state index contributed by atoms with van der Waals surface area (Å²) in [4.78, 5) is 26.7. The monoisotopic (exact) mass is 425 g/mol. The van der Waals surface area contributed by atoms with Crippen LogP contribution in [0.1, 0.15) is 44.7 Å². The molecule has 0 saturated carbocycles. The van der Waals surface area contributed by atoms with Crippen molar-refractivity contribution >= 4 is 11.8 Å². The van der Waals surface area contributed by atoms with Gasteiger partial charge in [-0.05, 0) is 17.5 Å². The second-order valence-electron chi connectivity index (χ2n) is 7.36. The number of benzene rings is 1. The van der Waals surface area contributed by atoms with E-state index in [2.05, 4.69) is 6.58 Å². The topological polar surface area (TPSA) is 89.4 Å². The Kier molecular flexibility index (Phi) is 8.99. The van der Waals surface area contributed by atoms with Gasteiger partial charge in [0.1, 0.15) is 0 Å². The van der Waals surface area contributed by atoms with Crippen molar-refractivity contribution in [3.05, 3.63) is 60.2 Å². The lowest BCUT2D eigenvalue weighted by atomic mass is 9.98. The van der Waals surface area contributed by atoms with Gasteiger partial charge < -0.3 is 11.5 Å². The Hall–Kier alpha value is -2.45. The third-order valence-electron chi connectivity index (χ3n) is 4.76. The van der Waals surface area contributed by atoms with Crippen LogP contribution in [0, 0.1) is 11.8 Å². The summed E-state index contributed by atoms with van der Waals surface area (Å²) < 4.78 is 39.6. The molecule has 0 spiro atoms. The van der Waals surface area contributed by atoms with Crippen LogP contribution in [-0.4, -0.2) is 22.9 Å². The molecule has 0 aromatic heterocycles. The summed E-state index contributed by atoms with van der Waals surface area (Å²) in [6.45, 7) is 8.64. The zero-order valence-corrected chi connectivity index (χ0v) is 17.6. The minimum Gasteiger partial charge on any atom is -0.302 e. The van der Waals surface area contributed by atoms with E-state index in [1.165, 1.54) is 18.2 Å². The molecule has 166 valence electrons. The van der Waals surface area contributed by atoms with Crippen LogP contribution in [0.4, 0.5) is 13.2 Å². The van der Waals surface area contributed by atoms with Gasteiger partial charge in [-0.25, -0.2) is 0 Å². The zero-order valence-electron chi connectivity index (χ0n) is 17.6. The Morgan fingerprint density at radius 2 is 1.77 bits per heavy atom. The Bertz CT molecular complexity index is 788. The minimum atomic E-state index is -4.87. The first-order chi connectivity index (χ1) is 13.9. The van der Waals surface area contributed by atoms with Crippen molar-refractivity contribution in [2.75, 3.05) is 0 Å². The first-order valence-electron chi connectivity index (χ1n) is 9.75. The van der Waals surface area contributed by atoms with E-state index < -0.39 is 35.5 Å². The molecule has 5 nitrogen and oxygen atoms in total. The van der Waals surface area contributed by atoms with Crippen LogP contribution >= 0.6 is 0 Å². The average Bonchev–Trinajstić information content (AvgIpc) is 2.69. The van der Waals surface area contributed by atoms with Crippen LogP contribution in [0.2, 0.25) is 0 Å². The molecule has 2 atom stereocenters. The van der Waals surface area contributed by atoms with Crippen LogP contribution in [0.3, 0.4) is 0 Å². The molecule has 30 heavy (non-hydrogen) atoms. The first-order valence-corrected chi connectivity index (χ1v) is 9.75. The molecule has 2 amide bonds. The molecule has 8 heteroatoms. The highest BCUT2D eigenvalue weighted by Gasteiger charge is 2.50. The summed E-state index contributed by atoms with van der Waals surface area (Å²) in [5.41, 5.74) is 7.50. The molecule has 1 rings (SSSR count). The van der Waals surface area contributed by atoms with E-state index in [1.54, 1.807) is 19.9 Å². The molecule has 0 aliphatic heterocycles. The largest absolute Gasteiger partial charge is 0.423 e. The number of rotatable bonds is 9. The van der Waals surface area contributed by atoms with Gasteiger partial charge in [-0.3, -0.25) is 14.5 Å². The third-order valence-corrected chi connectivity index (χ3v) is 4.76. The maximum Gasteiger partial charge on any atom is 0.423 e. The van der Waals surface area contributed by atoms with E-state index >= 15 is 0 Å². The van der Waals surface area contributed by atoms with Gasteiger partial charge in [0.15, 0.2) is 5.66 Å². The molecule has 0 aliphatic carbocycles. The Labute approximate surface area is 175 Å². The van der Waals surface area contributed by atoms with Gasteiger partial charge >= 0.3 is 6.18 Å². The second-order valence-corrected chi connectivity index (χ2v) is 7.36. The number of alkyl halides is 3. The Morgan fingerprint density at radius 3 is 2.30 bits per heavy atom. The molecule has 0 heterocycles. The molecule has 2 unspecified atom stereocenters. The van der Waals surface area contributed by atoms with E-state index in [-0.39, 0.29) is 12.1 Å². The molecular formula is C22H30F3N3O2. The zero-order chi connectivity index (χ0) is 23.1. The number of nitrogens with zero attached hydrogens (tertiary/aromatic N) is 1. The summed E-state index contributed by atoms with van der Waals surface area (Å²) in [5, 5.41) is 0. The summed E-state index contributed by atoms with van der Waals surface area (Å²) in [7, 11) is 0. The molecule has 1 aromatic carbocycles. The fourth-order valence-corrected chi connectivity index (χ4v) is 2.68. The van der Waals surface area contributed by atoms with E-state index in [0.717, 1.165) is 29.9 Å². The second kappa shape index (κ2) is 10.5. The van der Waals surface area contributed by atoms with Crippen molar-refractivity contribution in [3.8, 4) is 0 Å². The van der Waals surface area contributed by atoms with Gasteiger partial charge in [0.2, 0.25) is 11.8 Å². The fourth-order valence-electron chi connectivity index (χ4n) is 2.68. The number of allylic oxidation sites excluding steroid dienone is 1. The van der Waals surface area contributed by atoms with Crippen molar-refractivity contribution < 1.29 is 22.8 Å². The molecule has 0 aliphatic rings. The van der Waals surface area contributed by atoms with Crippen LogP contribution in [0.25, 0.3) is 0 Å². The van der Waals surface area contributed by atoms with Gasteiger partial charge in [0, 0.05) is 0 Å². The first kappa shape index (κ1) is 25.6. The lowest BCUT2D eigenvalue weighted by Crippen LogP contribution is -2.57. The molecule has 1 aromatic rings. The number of hydrogen-bond acceptors (Lipinski definition) is 4. The van der Waals surface area contributed by atoms with Crippen LogP contribution in [0.15, 0.2) is 49.1 Å². The minimum absolute atomic E-state index is 0.205. The predicted octanol–water partition coefficient (Wildman–Crippen LogP) is 3.99. The lowest BCUT2D eigenvalue weighted by molar-refractivity contribution is -0.188. The predicted molar refractivity (Wildman–Crippen MR) is 111 cm³/mol. The van der Waals surface area contributed by atoms with Gasteiger partial charge in [0.05, 0.1) is 18.4 Å². The highest BCUT2D eigenvalue weighted by molar-refractivity contribution is 5.98. The maximum absolute atomic E-state index is 13.2. The van der Waals surface area contributed by atoms with E-state index in [1.807, 2.05) is 13.0 Å². The summed E-state index contributed by atoms with van der Waals surface area (Å²) in [6, 6.07) is 5.20. The quantitative estimate of drug-likeness (QED) is 0.462. The number of imide groups is 1. The number of carbonyl (C=O) groups is 2. The van der Waals surface area contributed by atoms with Gasteiger partial charge in [-0.2, -0.15) is 13.2 Å². The maximum atomic E-state index is 13.2. The van der Waals surface area contributed by atoms with E-state index in [4.69, 9.17) is 11.5 Å². The van der Waals surface area contributed by atoms with Gasteiger partial charge in [-0.1, -0.05) is 69.7 Å². The number of nitrogens with two attached hydrogens (primary N) is 2. The SMILES string of the molecule is C=CC(C)C(=O)N(Cc1cccc(C(N)(N)C(F)(F)F)c1)C(=O)C(C)/C=C\CCC. The fraction of sp³-hybridized carbons (Fsp3) is 0.455. The third kappa shape index (κ3) is 6.27. The number of hydrogen-bond donors (Lipinski definition) is 2. The lowest BCUT2D eigenvalue weighted by Gasteiger charge is -2.29. The molecule has 4 N–H and O–H groups in total. The Morgan fingerprint density at radius 1 is 1.17 bits per heavy atom. The highest BCUT2D eigenvalue weighted by atomic mass is 19.4. The van der Waals surface area contributed by atoms with Gasteiger partial charge in [0.25, 0.3) is 0 Å². The van der Waals surface area contributed by atoms with Crippen LogP contribution < -0.4 is 11.5 Å². The van der Waals surface area contributed by atoms with Crippen molar-refractivity contribution in [2.45, 2.75) is 52.0 Å². The summed E-state index contributed by atoms with van der Waals surface area (Å²) in [6.07, 6.45) is 1.83. The molecular weight excluding hydrogens is 395 g/mol. The smallest absolute Gasteiger partial charge is 0.302 e. The normalized spacial score (nSPS) is 14.4. The highest BCUT2D eigenvalue weighted by Crippen LogP contribution is 2.32. The molecule has 0 bridgehead atoms. The number of carbonyl (C=O) groups excluding carboxylic acids is 2. The number of amides is 2. The molecule has 0 radical (unpaired) electrons. The van der Waals surface area contributed by atoms with Crippen molar-refractivity contribution in [1.82, 2.24) is 4.90 Å². The van der Waals surface area contributed by atoms with Crippen LogP contribution in [-0.2, 0) is 21.8 Å². The number of halogens is 3. The number of unbranched alkanes of at least 4 members (excludes halogenated alkanes) is 1. The molecule has 0 saturated heterocycles.